The quantitative estimate of drug-likeness (QED) is 0.0140. The van der Waals surface area contributed by atoms with Gasteiger partial charge in [-0.3, -0.25) is 4.79 Å². The molecule has 7 N–H and O–H groups in total. The van der Waals surface area contributed by atoms with Crippen molar-refractivity contribution >= 4 is 40.9 Å². The molecule has 0 spiro atoms. The van der Waals surface area contributed by atoms with Crippen LogP contribution in [0.2, 0.25) is 0 Å². The van der Waals surface area contributed by atoms with Gasteiger partial charge in [-0.25, -0.2) is 9.59 Å². The van der Waals surface area contributed by atoms with Gasteiger partial charge in [-0.2, -0.15) is 0 Å². The highest BCUT2D eigenvalue weighted by Crippen LogP contribution is 2.11. The molecule has 0 aromatic carbocycles. The normalized spacial score (nSPS) is 9.79. The summed E-state index contributed by atoms with van der Waals surface area (Å²) >= 11 is 3.01. The van der Waals surface area contributed by atoms with E-state index in [0.29, 0.717) is 64.3 Å². The van der Waals surface area contributed by atoms with Crippen LogP contribution in [-0.4, -0.2) is 165 Å². The van der Waals surface area contributed by atoms with E-state index in [4.69, 9.17) is 53.2 Å². The molecule has 2 amide bonds. The zero-order valence-corrected chi connectivity index (χ0v) is 44.8. The first kappa shape index (κ1) is 77.2. The van der Waals surface area contributed by atoms with Crippen LogP contribution in [0.4, 0.5) is 9.59 Å². The molecule has 16 nitrogen and oxygen atoms in total. The molecule has 0 radical (unpaired) electrons. The number of nitrogens with two attached hydrogens (primary N) is 1. The average Bonchev–Trinajstić information content (AvgIpc) is 3.26. The lowest BCUT2D eigenvalue weighted by Gasteiger charge is -2.24. The Balaban J connectivity index is -0.000000130. The Hall–Kier alpha value is -3.00. The highest BCUT2D eigenvalue weighted by Gasteiger charge is 2.20. The zero-order chi connectivity index (χ0) is 52.2. The maximum absolute atomic E-state index is 11.6. The second kappa shape index (κ2) is 66.3. The Kier molecular flexibility index (Phi) is 77.5. The number of nitrogens with one attached hydrogen (secondary N) is 1. The summed E-state index contributed by atoms with van der Waals surface area (Å²) in [4.78, 5) is 45.2. The molecular weight excluding hydrogens is 916 g/mol. The molecule has 0 aromatic heterocycles. The van der Waals surface area contributed by atoms with Crippen molar-refractivity contribution < 1.29 is 58.6 Å². The van der Waals surface area contributed by atoms with Gasteiger partial charge in [-0.1, -0.05) is 40.6 Å². The number of carbonyl (C=O) groups excluding carboxylic acids is 4. The molecule has 0 fully saturated rings. The number of alkyl halides is 1. The van der Waals surface area contributed by atoms with E-state index in [9.17, 15) is 19.2 Å². The molecule has 0 saturated carbocycles. The minimum Gasteiger partial charge on any atom is -0.468 e. The van der Waals surface area contributed by atoms with E-state index >= 15 is 0 Å². The number of nitrogens with zero attached hydrogens (tertiary/aromatic N) is 2. The predicted molar refractivity (Wildman–Crippen MR) is 274 cm³/mol. The van der Waals surface area contributed by atoms with E-state index in [-0.39, 0.29) is 25.4 Å². The molecule has 0 aliphatic heterocycles. The summed E-state index contributed by atoms with van der Waals surface area (Å²) in [5.41, 5.74) is 4.32. The second-order valence-electron chi connectivity index (χ2n) is 16.3. The molecular formula is C49H99BrN4O12. The standard InChI is InChI=1S/C14H25NO3.C11H23NO3.C7H14O2.C6H15NO.C5H13NO.C3H3Br.C3H6O2/c1-6-11-17-12-9-7-8-10-15(5)13(16)18-14(2,3)4;1-11(2,3)15-10(14)12(4)8-6-5-7-9-13;8-6-4-2-1-3-5-7-9;1-7-5-3-2-4-6-8;6-4-2-1-3-5-7;1-2-3-4;1-2-5-3-4/h1H,7-12H2,2-5H3;13H,5-9H2,1-4H3;6,9H,1-5,7H2;7-8H,2-6H2,1H3;7H,1-6H2;1H,3H2;3H,2H2,1H3. The van der Waals surface area contributed by atoms with E-state index in [1.807, 2.05) is 48.6 Å². The van der Waals surface area contributed by atoms with Crippen molar-refractivity contribution in [2.75, 3.05) is 98.9 Å². The number of rotatable bonds is 29. The Labute approximate surface area is 411 Å². The third-order valence-corrected chi connectivity index (χ3v) is 7.84. The molecule has 0 rings (SSSR count). The summed E-state index contributed by atoms with van der Waals surface area (Å²) in [5, 5.41) is 37.2. The minimum atomic E-state index is -0.436. The predicted octanol–water partition coefficient (Wildman–Crippen LogP) is 7.49. The molecule has 0 atom stereocenters. The van der Waals surface area contributed by atoms with Gasteiger partial charge in [0.25, 0.3) is 6.47 Å². The number of terminal acetylenes is 2. The van der Waals surface area contributed by atoms with E-state index in [0.717, 1.165) is 116 Å². The maximum atomic E-state index is 11.6. The number of amides is 2. The highest BCUT2D eigenvalue weighted by atomic mass is 79.9. The van der Waals surface area contributed by atoms with Crippen LogP contribution in [0, 0.1) is 24.7 Å². The topological polar surface area (TPSA) is 231 Å². The van der Waals surface area contributed by atoms with Gasteiger partial charge in [0.05, 0.1) is 11.9 Å². The minimum absolute atomic E-state index is 0.218. The van der Waals surface area contributed by atoms with Gasteiger partial charge < -0.3 is 65.0 Å². The molecule has 0 aromatic rings. The van der Waals surface area contributed by atoms with Crippen LogP contribution in [0.1, 0.15) is 158 Å². The number of unbranched alkanes of at least 4 members (excludes halogenated alkanes) is 12. The van der Waals surface area contributed by atoms with Crippen LogP contribution in [0.3, 0.4) is 0 Å². The number of hydrogen-bond donors (Lipinski definition) is 6. The Bertz CT molecular complexity index is 1060. The van der Waals surface area contributed by atoms with Crippen LogP contribution in [0.5, 0.6) is 0 Å². The summed E-state index contributed by atoms with van der Waals surface area (Å²) in [7, 11) is 5.43. The van der Waals surface area contributed by atoms with Crippen molar-refractivity contribution in [1.82, 2.24) is 15.1 Å². The van der Waals surface area contributed by atoms with Crippen molar-refractivity contribution in [3.63, 3.8) is 0 Å². The third kappa shape index (κ3) is 95.3. The fraction of sp³-hybridized carbons (Fsp3) is 0.837. The van der Waals surface area contributed by atoms with Gasteiger partial charge in [0.15, 0.2) is 0 Å². The molecule has 17 heteroatoms. The third-order valence-electron chi connectivity index (χ3n) is 7.52. The monoisotopic (exact) mass is 1010 g/mol. The number of ether oxygens (including phenoxy) is 4. The number of aliphatic hydroxyl groups excluding tert-OH is 4. The van der Waals surface area contributed by atoms with Crippen LogP contribution < -0.4 is 11.1 Å². The number of carbonyl (C=O) groups is 4. The number of hydrogen-bond acceptors (Lipinski definition) is 14. The molecule has 0 heterocycles. The van der Waals surface area contributed by atoms with Gasteiger partial charge >= 0.3 is 12.2 Å². The first-order valence-electron chi connectivity index (χ1n) is 23.5. The number of halogens is 1. The van der Waals surface area contributed by atoms with Gasteiger partial charge in [-0.05, 0) is 158 Å². The summed E-state index contributed by atoms with van der Waals surface area (Å²) in [6.07, 6.45) is 26.6. The lowest BCUT2D eigenvalue weighted by molar-refractivity contribution is -0.128. The first-order chi connectivity index (χ1) is 31.3. The summed E-state index contributed by atoms with van der Waals surface area (Å²) in [5.74, 6) is 4.77. The van der Waals surface area contributed by atoms with Crippen LogP contribution in [-0.2, 0) is 28.5 Å². The Morgan fingerprint density at radius 3 is 1.38 bits per heavy atom. The van der Waals surface area contributed by atoms with Gasteiger partial charge in [0, 0.05) is 66.6 Å². The molecule has 394 valence electrons. The molecule has 66 heavy (non-hydrogen) atoms. The molecule has 0 aliphatic rings. The smallest absolute Gasteiger partial charge is 0.410 e. The average molecular weight is 1020 g/mol. The molecule has 0 saturated heterocycles. The van der Waals surface area contributed by atoms with Gasteiger partial charge in [0.1, 0.15) is 24.1 Å². The van der Waals surface area contributed by atoms with E-state index in [2.05, 4.69) is 37.8 Å². The zero-order valence-electron chi connectivity index (χ0n) is 43.2. The summed E-state index contributed by atoms with van der Waals surface area (Å²) in [6, 6.07) is 0. The van der Waals surface area contributed by atoms with Crippen molar-refractivity contribution in [1.29, 1.82) is 0 Å². The molecule has 0 unspecified atom stereocenters. The second-order valence-corrected chi connectivity index (χ2v) is 16.9. The van der Waals surface area contributed by atoms with Crippen LogP contribution in [0.15, 0.2) is 0 Å². The van der Waals surface area contributed by atoms with Crippen molar-refractivity contribution in [2.45, 2.75) is 169 Å². The Morgan fingerprint density at radius 2 is 1.06 bits per heavy atom. The van der Waals surface area contributed by atoms with Crippen molar-refractivity contribution in [3.05, 3.63) is 0 Å². The van der Waals surface area contributed by atoms with Crippen molar-refractivity contribution in [3.8, 4) is 24.7 Å². The molecule has 0 bridgehead atoms. The highest BCUT2D eigenvalue weighted by molar-refractivity contribution is 9.09. The fourth-order valence-corrected chi connectivity index (χ4v) is 4.15. The van der Waals surface area contributed by atoms with Gasteiger partial charge in [-0.15, -0.1) is 12.8 Å². The fourth-order valence-electron chi connectivity index (χ4n) is 4.15. The largest absolute Gasteiger partial charge is 0.468 e. The lowest BCUT2D eigenvalue weighted by atomic mass is 10.2. The Morgan fingerprint density at radius 1 is 0.667 bits per heavy atom. The SMILES string of the molecule is C#CCBr.C#CCOCCCCCN(C)C(=O)OC(C)(C)C.CCOC=O.CN(CCCCCO)C(=O)OC(C)(C)C.CNCCCCCO.NCCCCCO.O=CCCCCCCO. The summed E-state index contributed by atoms with van der Waals surface area (Å²) in [6.45, 7) is 19.2. The van der Waals surface area contributed by atoms with Crippen LogP contribution >= 0.6 is 15.9 Å². The van der Waals surface area contributed by atoms with E-state index in [1.165, 1.54) is 6.42 Å². The first-order valence-corrected chi connectivity index (χ1v) is 24.6. The number of aldehydes is 1. The van der Waals surface area contributed by atoms with E-state index < -0.39 is 11.2 Å². The van der Waals surface area contributed by atoms with E-state index in [1.54, 1.807) is 30.8 Å². The molecule has 0 aliphatic carbocycles. The van der Waals surface area contributed by atoms with Gasteiger partial charge in [0.2, 0.25) is 0 Å². The maximum Gasteiger partial charge on any atom is 0.410 e. The van der Waals surface area contributed by atoms with Crippen LogP contribution in [0.25, 0.3) is 0 Å². The number of aliphatic hydroxyl groups is 4. The van der Waals surface area contributed by atoms with Crippen molar-refractivity contribution in [2.24, 2.45) is 5.73 Å². The summed E-state index contributed by atoms with van der Waals surface area (Å²) < 4.78 is 19.8. The lowest BCUT2D eigenvalue weighted by Crippen LogP contribution is -2.34.